The summed E-state index contributed by atoms with van der Waals surface area (Å²) in [4.78, 5) is 74.9. The van der Waals surface area contributed by atoms with Crippen LogP contribution in [0, 0.1) is 5.41 Å². The van der Waals surface area contributed by atoms with E-state index < -0.39 is 58.7 Å². The number of hydrogen-bond donors (Lipinski definition) is 5. The number of rotatable bonds is 12. The molecule has 2 fully saturated rings. The van der Waals surface area contributed by atoms with Crippen LogP contribution in [0.15, 0.2) is 66.7 Å². The molecule has 1 aliphatic carbocycles. The van der Waals surface area contributed by atoms with Gasteiger partial charge in [-0.1, -0.05) is 94.8 Å². The molecular formula is C36H46N6O6. The van der Waals surface area contributed by atoms with Crippen LogP contribution in [0.1, 0.15) is 70.9 Å². The second-order valence-electron chi connectivity index (χ2n) is 14.0. The Kier molecular flexibility index (Phi) is 10.5. The predicted octanol–water partition coefficient (Wildman–Crippen LogP) is 2.95. The van der Waals surface area contributed by atoms with Gasteiger partial charge in [0.2, 0.25) is 17.6 Å². The van der Waals surface area contributed by atoms with E-state index >= 15 is 0 Å². The molecule has 4 atom stereocenters. The van der Waals surface area contributed by atoms with Crippen LogP contribution in [0.25, 0.3) is 5.70 Å². The summed E-state index contributed by atoms with van der Waals surface area (Å²) in [5.41, 5.74) is 3.65. The number of hydroxylamine groups is 1. The number of urea groups is 1. The molecule has 2 aliphatic heterocycles. The third-order valence-electron chi connectivity index (χ3n) is 8.83. The normalized spacial score (nSPS) is 21.5. The molecule has 1 spiro atoms. The van der Waals surface area contributed by atoms with Crippen molar-refractivity contribution in [2.75, 3.05) is 6.54 Å². The van der Waals surface area contributed by atoms with E-state index in [1.54, 1.807) is 0 Å². The summed E-state index contributed by atoms with van der Waals surface area (Å²) in [5.74, 6) is -2.47. The largest absolute Gasteiger partial charge is 0.347 e. The Labute approximate surface area is 281 Å². The molecule has 1 saturated heterocycles. The van der Waals surface area contributed by atoms with Crippen molar-refractivity contribution < 1.29 is 28.8 Å². The van der Waals surface area contributed by atoms with Crippen LogP contribution in [-0.4, -0.2) is 70.7 Å². The smallest absolute Gasteiger partial charge is 0.315 e. The van der Waals surface area contributed by atoms with Gasteiger partial charge in [0.15, 0.2) is 0 Å². The van der Waals surface area contributed by atoms with Crippen molar-refractivity contribution in [2.45, 2.75) is 96.1 Å². The number of Topliss-reactive ketones (excluding diaryl/α,β-unsaturated/α-hetero) is 1. The van der Waals surface area contributed by atoms with E-state index in [0.717, 1.165) is 24.0 Å². The van der Waals surface area contributed by atoms with Gasteiger partial charge in [-0.25, -0.2) is 4.79 Å². The first kappa shape index (κ1) is 34.6. The number of hydrogen-bond acceptors (Lipinski definition) is 7. The van der Waals surface area contributed by atoms with Gasteiger partial charge in [0.05, 0.1) is 18.3 Å². The van der Waals surface area contributed by atoms with Crippen molar-refractivity contribution in [1.82, 2.24) is 31.6 Å². The minimum absolute atomic E-state index is 0.00781. The zero-order valence-electron chi connectivity index (χ0n) is 28.0. The number of likely N-dealkylation sites (tertiary alicyclic amines) is 1. The molecular weight excluding hydrogens is 612 g/mol. The third-order valence-corrected chi connectivity index (χ3v) is 8.83. The van der Waals surface area contributed by atoms with Crippen LogP contribution < -0.4 is 26.7 Å². The minimum atomic E-state index is -1.06. The molecule has 12 heteroatoms. The Balaban J connectivity index is 1.39. The molecule has 1 saturated carbocycles. The van der Waals surface area contributed by atoms with Crippen molar-refractivity contribution in [3.05, 3.63) is 77.9 Å². The molecule has 256 valence electrons. The molecule has 2 heterocycles. The van der Waals surface area contributed by atoms with Crippen molar-refractivity contribution in [1.29, 1.82) is 0 Å². The van der Waals surface area contributed by atoms with Gasteiger partial charge < -0.3 is 26.2 Å². The molecule has 0 aromatic heterocycles. The first-order chi connectivity index (χ1) is 22.9. The van der Waals surface area contributed by atoms with Crippen molar-refractivity contribution in [2.24, 2.45) is 5.41 Å². The number of carbonyl (C=O) groups is 5. The van der Waals surface area contributed by atoms with Crippen molar-refractivity contribution in [3.63, 3.8) is 0 Å². The number of amides is 5. The van der Waals surface area contributed by atoms with Gasteiger partial charge in [0.25, 0.3) is 5.91 Å². The van der Waals surface area contributed by atoms with E-state index in [0.29, 0.717) is 12.1 Å². The van der Waals surface area contributed by atoms with E-state index in [4.69, 9.17) is 4.84 Å². The van der Waals surface area contributed by atoms with E-state index in [2.05, 4.69) is 26.7 Å². The lowest BCUT2D eigenvalue weighted by molar-refractivity contribution is -0.144. The van der Waals surface area contributed by atoms with Gasteiger partial charge in [-0.05, 0) is 41.9 Å². The summed E-state index contributed by atoms with van der Waals surface area (Å²) in [6.45, 7) is 7.66. The Morgan fingerprint density at radius 3 is 2.27 bits per heavy atom. The summed E-state index contributed by atoms with van der Waals surface area (Å²) in [5, 5.41) is 11.2. The zero-order chi connectivity index (χ0) is 34.5. The van der Waals surface area contributed by atoms with Crippen LogP contribution in [0.3, 0.4) is 0 Å². The standard InChI is InChI=1S/C36H46N6O6/c1-5-12-26(29(43)32(45)38-25-17-18-25)39-31(44)28-20-36(19-27(41-48-36)24-15-10-7-11-16-24)22-42(28)33(46)30(35(2,3)4)40-34(47)37-21-23-13-8-6-9-14-23/h6-11,13-16,19,25-26,28,30,41H,5,12,17-18,20-22H2,1-4H3,(H,38,45)(H,39,44)(H2,37,40,47)/t26-,28-,30+,36+/m0/s1. The summed E-state index contributed by atoms with van der Waals surface area (Å²) in [6, 6.07) is 15.3. The molecule has 3 aliphatic rings. The van der Waals surface area contributed by atoms with Gasteiger partial charge in [-0.2, -0.15) is 0 Å². The molecule has 5 rings (SSSR count). The fourth-order valence-electron chi connectivity index (χ4n) is 6.03. The highest BCUT2D eigenvalue weighted by Crippen LogP contribution is 2.38. The lowest BCUT2D eigenvalue weighted by Crippen LogP contribution is -2.60. The van der Waals surface area contributed by atoms with E-state index in [1.165, 1.54) is 4.90 Å². The Morgan fingerprint density at radius 1 is 0.979 bits per heavy atom. The number of ketones is 1. The molecule has 0 radical (unpaired) electrons. The number of nitrogens with one attached hydrogen (secondary N) is 5. The molecule has 0 unspecified atom stereocenters. The first-order valence-electron chi connectivity index (χ1n) is 16.7. The molecule has 2 aromatic rings. The maximum Gasteiger partial charge on any atom is 0.315 e. The van der Waals surface area contributed by atoms with Crippen LogP contribution in [-0.2, 0) is 30.6 Å². The van der Waals surface area contributed by atoms with Crippen LogP contribution in [0.2, 0.25) is 0 Å². The van der Waals surface area contributed by atoms with Gasteiger partial charge in [0, 0.05) is 19.0 Å². The lowest BCUT2D eigenvalue weighted by Gasteiger charge is -2.35. The second-order valence-corrected chi connectivity index (χ2v) is 14.0. The van der Waals surface area contributed by atoms with Crippen LogP contribution >= 0.6 is 0 Å². The van der Waals surface area contributed by atoms with Gasteiger partial charge in [-0.15, -0.1) is 0 Å². The molecule has 5 amide bonds. The van der Waals surface area contributed by atoms with E-state index in [1.807, 2.05) is 94.4 Å². The molecule has 5 N–H and O–H groups in total. The Bertz CT molecular complexity index is 1540. The maximum atomic E-state index is 14.5. The monoisotopic (exact) mass is 658 g/mol. The summed E-state index contributed by atoms with van der Waals surface area (Å²) in [7, 11) is 0. The fraction of sp³-hybridized carbons (Fsp3) is 0.472. The molecule has 2 aromatic carbocycles. The van der Waals surface area contributed by atoms with Crippen LogP contribution in [0.5, 0.6) is 0 Å². The Morgan fingerprint density at radius 2 is 1.65 bits per heavy atom. The molecule has 0 bridgehead atoms. The third kappa shape index (κ3) is 8.41. The zero-order valence-corrected chi connectivity index (χ0v) is 28.0. The minimum Gasteiger partial charge on any atom is -0.347 e. The number of benzene rings is 2. The summed E-state index contributed by atoms with van der Waals surface area (Å²) in [6.07, 6.45) is 4.43. The highest BCUT2D eigenvalue weighted by molar-refractivity contribution is 6.38. The SMILES string of the molecule is CCC[C@H](NC(=O)[C@@H]1C[C@]2(C=C(c3ccccc3)NO2)CN1C(=O)[C@@H](NC(=O)NCc1ccccc1)C(C)(C)C)C(=O)C(=O)NC1CC1. The predicted molar refractivity (Wildman–Crippen MR) is 180 cm³/mol. The average Bonchev–Trinajstić information content (AvgIpc) is 3.66. The lowest BCUT2D eigenvalue weighted by atomic mass is 9.85. The van der Waals surface area contributed by atoms with Gasteiger partial charge in [-0.3, -0.25) is 29.5 Å². The highest BCUT2D eigenvalue weighted by atomic mass is 16.7. The van der Waals surface area contributed by atoms with Crippen molar-refractivity contribution >= 4 is 35.2 Å². The van der Waals surface area contributed by atoms with Crippen molar-refractivity contribution in [3.8, 4) is 0 Å². The van der Waals surface area contributed by atoms with Gasteiger partial charge in [0.1, 0.15) is 17.7 Å². The number of nitrogens with zero attached hydrogens (tertiary/aromatic N) is 1. The quantitative estimate of drug-likeness (QED) is 0.220. The number of carbonyl (C=O) groups excluding carboxylic acids is 5. The van der Waals surface area contributed by atoms with E-state index in [-0.39, 0.29) is 32.0 Å². The highest BCUT2D eigenvalue weighted by Gasteiger charge is 2.54. The Hall–Kier alpha value is -4.71. The molecule has 12 nitrogen and oxygen atoms in total. The first-order valence-corrected chi connectivity index (χ1v) is 16.7. The maximum absolute atomic E-state index is 14.5. The topological polar surface area (TPSA) is 158 Å². The summed E-state index contributed by atoms with van der Waals surface area (Å²) < 4.78 is 0. The average molecular weight is 659 g/mol. The fourth-order valence-corrected chi connectivity index (χ4v) is 6.03. The second kappa shape index (κ2) is 14.6. The molecule has 48 heavy (non-hydrogen) atoms. The van der Waals surface area contributed by atoms with Gasteiger partial charge >= 0.3 is 6.03 Å². The summed E-state index contributed by atoms with van der Waals surface area (Å²) >= 11 is 0. The van der Waals surface area contributed by atoms with E-state index in [9.17, 15) is 24.0 Å². The van der Waals surface area contributed by atoms with Crippen LogP contribution in [0.4, 0.5) is 4.79 Å².